The second-order valence-electron chi connectivity index (χ2n) is 6.69. The van der Waals surface area contributed by atoms with Gasteiger partial charge in [0, 0.05) is 0 Å². The van der Waals surface area contributed by atoms with E-state index >= 15 is 0 Å². The smallest absolute Gasteiger partial charge is 0.161 e. The zero-order valence-corrected chi connectivity index (χ0v) is 14.6. The Labute approximate surface area is 145 Å². The van der Waals surface area contributed by atoms with E-state index in [9.17, 15) is 0 Å². The minimum Gasteiger partial charge on any atom is -0.493 e. The van der Waals surface area contributed by atoms with Crippen LogP contribution in [0.5, 0.6) is 11.5 Å². The Balaban J connectivity index is 1.50. The molecule has 1 fully saturated rings. The Bertz CT molecular complexity index is 642. The van der Waals surface area contributed by atoms with Crippen LogP contribution in [0.2, 0.25) is 0 Å². The third kappa shape index (κ3) is 4.75. The Morgan fingerprint density at radius 2 is 1.83 bits per heavy atom. The molecule has 2 atom stereocenters. The van der Waals surface area contributed by atoms with E-state index in [2.05, 4.69) is 36.5 Å². The maximum Gasteiger partial charge on any atom is 0.161 e. The van der Waals surface area contributed by atoms with Crippen molar-refractivity contribution >= 4 is 0 Å². The zero-order valence-electron chi connectivity index (χ0n) is 14.6. The molecular formula is C21H27NO2. The van der Waals surface area contributed by atoms with Crippen LogP contribution in [0.4, 0.5) is 0 Å². The summed E-state index contributed by atoms with van der Waals surface area (Å²) < 4.78 is 11.4. The minimum absolute atomic E-state index is 0.553. The summed E-state index contributed by atoms with van der Waals surface area (Å²) in [4.78, 5) is 0. The summed E-state index contributed by atoms with van der Waals surface area (Å²) in [7, 11) is 1.70. The van der Waals surface area contributed by atoms with Gasteiger partial charge in [-0.05, 0) is 61.0 Å². The highest BCUT2D eigenvalue weighted by Crippen LogP contribution is 2.36. The van der Waals surface area contributed by atoms with Gasteiger partial charge >= 0.3 is 0 Å². The van der Waals surface area contributed by atoms with Crippen LogP contribution in [-0.2, 0) is 13.0 Å². The van der Waals surface area contributed by atoms with E-state index in [1.165, 1.54) is 12.0 Å². The minimum atomic E-state index is 0.553. The van der Waals surface area contributed by atoms with E-state index in [1.807, 2.05) is 24.3 Å². The molecule has 0 radical (unpaired) electrons. The molecule has 3 nitrogen and oxygen atoms in total. The highest BCUT2D eigenvalue weighted by atomic mass is 16.5. The van der Waals surface area contributed by atoms with Gasteiger partial charge in [-0.1, -0.05) is 43.3 Å². The lowest BCUT2D eigenvalue weighted by molar-refractivity contribution is 0.284. The third-order valence-electron chi connectivity index (χ3n) is 4.74. The molecular weight excluding hydrogens is 298 g/mol. The Hall–Kier alpha value is -2.00. The molecule has 1 N–H and O–H groups in total. The SMILES string of the molecule is COc1cc(CCNCC2CC2C)ccc1OCc1ccccc1. The second-order valence-corrected chi connectivity index (χ2v) is 6.69. The first-order chi connectivity index (χ1) is 11.8. The molecule has 0 amide bonds. The first kappa shape index (κ1) is 16.8. The lowest BCUT2D eigenvalue weighted by atomic mass is 10.1. The number of benzene rings is 2. The number of methoxy groups -OCH3 is 1. The lowest BCUT2D eigenvalue weighted by Gasteiger charge is -2.12. The van der Waals surface area contributed by atoms with Crippen molar-refractivity contribution in [1.82, 2.24) is 5.32 Å². The molecule has 0 aromatic heterocycles. The lowest BCUT2D eigenvalue weighted by Crippen LogP contribution is -2.20. The average molecular weight is 325 g/mol. The molecule has 0 aliphatic heterocycles. The first-order valence-electron chi connectivity index (χ1n) is 8.80. The first-order valence-corrected chi connectivity index (χ1v) is 8.80. The number of rotatable bonds is 9. The van der Waals surface area contributed by atoms with Gasteiger partial charge in [0.2, 0.25) is 0 Å². The van der Waals surface area contributed by atoms with Crippen molar-refractivity contribution in [2.75, 3.05) is 20.2 Å². The number of hydrogen-bond acceptors (Lipinski definition) is 3. The van der Waals surface area contributed by atoms with Crippen molar-refractivity contribution in [3.63, 3.8) is 0 Å². The topological polar surface area (TPSA) is 30.5 Å². The van der Waals surface area contributed by atoms with Gasteiger partial charge in [-0.2, -0.15) is 0 Å². The van der Waals surface area contributed by atoms with Crippen LogP contribution in [0, 0.1) is 11.8 Å². The van der Waals surface area contributed by atoms with Crippen molar-refractivity contribution in [3.8, 4) is 11.5 Å². The Morgan fingerprint density at radius 1 is 1.04 bits per heavy atom. The molecule has 0 saturated heterocycles. The zero-order chi connectivity index (χ0) is 16.8. The summed E-state index contributed by atoms with van der Waals surface area (Å²) in [6, 6.07) is 16.4. The molecule has 2 aromatic rings. The molecule has 3 rings (SSSR count). The molecule has 2 unspecified atom stereocenters. The molecule has 2 aromatic carbocycles. The van der Waals surface area contributed by atoms with Gasteiger partial charge in [0.25, 0.3) is 0 Å². The van der Waals surface area contributed by atoms with E-state index in [0.717, 1.165) is 48.4 Å². The fraction of sp³-hybridized carbons (Fsp3) is 0.429. The predicted octanol–water partition coefficient (Wildman–Crippen LogP) is 4.06. The Kier molecular flexibility index (Phi) is 5.76. The maximum absolute atomic E-state index is 5.91. The normalized spacial score (nSPS) is 19.1. The van der Waals surface area contributed by atoms with Gasteiger partial charge in [-0.25, -0.2) is 0 Å². The summed E-state index contributed by atoms with van der Waals surface area (Å²) in [5, 5.41) is 3.55. The van der Waals surface area contributed by atoms with E-state index in [-0.39, 0.29) is 0 Å². The van der Waals surface area contributed by atoms with Crippen molar-refractivity contribution < 1.29 is 9.47 Å². The summed E-state index contributed by atoms with van der Waals surface area (Å²) in [5.74, 6) is 3.41. The fourth-order valence-corrected chi connectivity index (χ4v) is 2.93. The standard InChI is InChI=1S/C21H27NO2/c1-16-12-19(16)14-22-11-10-17-8-9-20(21(13-17)23-2)24-15-18-6-4-3-5-7-18/h3-9,13,16,19,22H,10-12,14-15H2,1-2H3. The third-order valence-corrected chi connectivity index (χ3v) is 4.74. The molecule has 24 heavy (non-hydrogen) atoms. The number of nitrogens with one attached hydrogen (secondary N) is 1. The average Bonchev–Trinajstić information content (AvgIpc) is 3.33. The van der Waals surface area contributed by atoms with Gasteiger partial charge < -0.3 is 14.8 Å². The van der Waals surface area contributed by atoms with Gasteiger partial charge in [0.15, 0.2) is 11.5 Å². The molecule has 0 bridgehead atoms. The van der Waals surface area contributed by atoms with Crippen molar-refractivity contribution in [2.24, 2.45) is 11.8 Å². The second kappa shape index (κ2) is 8.20. The summed E-state index contributed by atoms with van der Waals surface area (Å²) in [6.45, 7) is 5.04. The molecule has 0 heterocycles. The highest BCUT2D eigenvalue weighted by molar-refractivity contribution is 5.43. The van der Waals surface area contributed by atoms with Crippen LogP contribution >= 0.6 is 0 Å². The van der Waals surface area contributed by atoms with Gasteiger partial charge in [-0.15, -0.1) is 0 Å². The molecule has 0 spiro atoms. The van der Waals surface area contributed by atoms with Crippen LogP contribution in [0.15, 0.2) is 48.5 Å². The van der Waals surface area contributed by atoms with Gasteiger partial charge in [0.1, 0.15) is 6.61 Å². The number of ether oxygens (including phenoxy) is 2. The quantitative estimate of drug-likeness (QED) is 0.705. The molecule has 1 aliphatic rings. The van der Waals surface area contributed by atoms with Crippen molar-refractivity contribution in [1.29, 1.82) is 0 Å². The van der Waals surface area contributed by atoms with E-state index in [1.54, 1.807) is 7.11 Å². The van der Waals surface area contributed by atoms with Crippen LogP contribution in [0.1, 0.15) is 24.5 Å². The highest BCUT2D eigenvalue weighted by Gasteiger charge is 2.31. The number of hydrogen-bond donors (Lipinski definition) is 1. The maximum atomic E-state index is 5.91. The van der Waals surface area contributed by atoms with E-state index in [0.29, 0.717) is 6.61 Å². The van der Waals surface area contributed by atoms with Crippen molar-refractivity contribution in [2.45, 2.75) is 26.4 Å². The molecule has 128 valence electrons. The largest absolute Gasteiger partial charge is 0.493 e. The van der Waals surface area contributed by atoms with Crippen LogP contribution < -0.4 is 14.8 Å². The molecule has 1 saturated carbocycles. The monoisotopic (exact) mass is 325 g/mol. The van der Waals surface area contributed by atoms with Crippen LogP contribution in [-0.4, -0.2) is 20.2 Å². The van der Waals surface area contributed by atoms with Gasteiger partial charge in [-0.3, -0.25) is 0 Å². The van der Waals surface area contributed by atoms with Crippen molar-refractivity contribution in [3.05, 3.63) is 59.7 Å². The van der Waals surface area contributed by atoms with Gasteiger partial charge in [0.05, 0.1) is 7.11 Å². The molecule has 1 aliphatic carbocycles. The van der Waals surface area contributed by atoms with E-state index in [4.69, 9.17) is 9.47 Å². The van der Waals surface area contributed by atoms with Crippen LogP contribution in [0.3, 0.4) is 0 Å². The molecule has 3 heteroatoms. The van der Waals surface area contributed by atoms with E-state index < -0.39 is 0 Å². The predicted molar refractivity (Wildman–Crippen MR) is 97.6 cm³/mol. The fourth-order valence-electron chi connectivity index (χ4n) is 2.93. The Morgan fingerprint density at radius 3 is 2.54 bits per heavy atom. The summed E-state index contributed by atoms with van der Waals surface area (Å²) >= 11 is 0. The summed E-state index contributed by atoms with van der Waals surface area (Å²) in [6.07, 6.45) is 2.39. The van der Waals surface area contributed by atoms with Crippen LogP contribution in [0.25, 0.3) is 0 Å². The summed E-state index contributed by atoms with van der Waals surface area (Å²) in [5.41, 5.74) is 2.43.